The van der Waals surface area contributed by atoms with Crippen molar-refractivity contribution in [1.82, 2.24) is 15.5 Å². The lowest BCUT2D eigenvalue weighted by atomic mass is 10.1. The molecule has 25 heavy (non-hydrogen) atoms. The number of aliphatic imine (C=N–C) groups is 1. The molecule has 1 unspecified atom stereocenters. The van der Waals surface area contributed by atoms with Gasteiger partial charge in [-0.1, -0.05) is 19.1 Å². The summed E-state index contributed by atoms with van der Waals surface area (Å²) in [4.78, 5) is 6.55. The van der Waals surface area contributed by atoms with Gasteiger partial charge in [0.25, 0.3) is 0 Å². The van der Waals surface area contributed by atoms with Crippen molar-refractivity contribution in [2.45, 2.75) is 32.9 Å². The Kier molecular flexibility index (Phi) is 8.01. The van der Waals surface area contributed by atoms with Crippen molar-refractivity contribution in [3.8, 4) is 5.75 Å². The predicted octanol–water partition coefficient (Wildman–Crippen LogP) is 1.78. The number of benzene rings is 1. The Morgan fingerprint density at radius 1 is 1.40 bits per heavy atom. The van der Waals surface area contributed by atoms with Crippen LogP contribution in [0.5, 0.6) is 5.75 Å². The molecule has 1 heterocycles. The monoisotopic (exact) mass is 348 g/mol. The Labute approximate surface area is 151 Å². The highest BCUT2D eigenvalue weighted by Gasteiger charge is 2.18. The van der Waals surface area contributed by atoms with Crippen LogP contribution in [0.2, 0.25) is 0 Å². The zero-order valence-electron chi connectivity index (χ0n) is 16.0. The molecule has 0 radical (unpaired) electrons. The van der Waals surface area contributed by atoms with Gasteiger partial charge in [-0.25, -0.2) is 0 Å². The van der Waals surface area contributed by atoms with E-state index in [-0.39, 0.29) is 6.10 Å². The van der Waals surface area contributed by atoms with Crippen molar-refractivity contribution in [2.75, 3.05) is 46.9 Å². The van der Waals surface area contributed by atoms with Gasteiger partial charge in [0.05, 0.1) is 13.2 Å². The van der Waals surface area contributed by atoms with Crippen LogP contribution in [0.3, 0.4) is 0 Å². The van der Waals surface area contributed by atoms with Crippen LogP contribution in [0.1, 0.15) is 24.5 Å². The van der Waals surface area contributed by atoms with E-state index in [2.05, 4.69) is 59.6 Å². The largest absolute Gasteiger partial charge is 0.488 e. The second kappa shape index (κ2) is 10.3. The third kappa shape index (κ3) is 6.55. The highest BCUT2D eigenvalue weighted by Crippen LogP contribution is 2.23. The van der Waals surface area contributed by atoms with Gasteiger partial charge < -0.3 is 25.0 Å². The minimum Gasteiger partial charge on any atom is -0.488 e. The first-order valence-corrected chi connectivity index (χ1v) is 9.09. The molecule has 0 aromatic heterocycles. The van der Waals surface area contributed by atoms with E-state index in [0.717, 1.165) is 49.9 Å². The van der Waals surface area contributed by atoms with Crippen LogP contribution >= 0.6 is 0 Å². The topological polar surface area (TPSA) is 58.1 Å². The molecule has 1 aliphatic heterocycles. The van der Waals surface area contributed by atoms with Gasteiger partial charge in [0.2, 0.25) is 0 Å². The molecule has 2 N–H and O–H groups in total. The van der Waals surface area contributed by atoms with Crippen LogP contribution in [-0.2, 0) is 11.3 Å². The van der Waals surface area contributed by atoms with Gasteiger partial charge in [0.1, 0.15) is 11.9 Å². The lowest BCUT2D eigenvalue weighted by Crippen LogP contribution is -2.40. The van der Waals surface area contributed by atoms with Gasteiger partial charge in [-0.05, 0) is 32.1 Å². The minimum atomic E-state index is 0.155. The molecule has 1 aliphatic rings. The summed E-state index contributed by atoms with van der Waals surface area (Å²) in [5, 5.41) is 6.72. The fourth-order valence-electron chi connectivity index (χ4n) is 2.63. The number of nitrogens with one attached hydrogen (secondary N) is 2. The summed E-state index contributed by atoms with van der Waals surface area (Å²) in [5.41, 5.74) is 2.33. The molecular formula is C19H32N4O2. The molecule has 6 heteroatoms. The average molecular weight is 348 g/mol. The van der Waals surface area contributed by atoms with E-state index >= 15 is 0 Å². The van der Waals surface area contributed by atoms with E-state index in [1.165, 1.54) is 5.56 Å². The highest BCUT2D eigenvalue weighted by atomic mass is 16.5. The maximum atomic E-state index is 6.15. The van der Waals surface area contributed by atoms with Crippen molar-refractivity contribution < 1.29 is 9.47 Å². The summed E-state index contributed by atoms with van der Waals surface area (Å²) in [5.74, 6) is 1.74. The van der Waals surface area contributed by atoms with Crippen LogP contribution < -0.4 is 15.4 Å². The van der Waals surface area contributed by atoms with E-state index in [0.29, 0.717) is 13.2 Å². The Hall–Kier alpha value is -1.79. The number of likely N-dealkylation sites (N-methyl/N-ethyl adjacent to an activating group) is 1. The molecule has 0 aliphatic carbocycles. The zero-order chi connectivity index (χ0) is 18.1. The molecule has 1 fully saturated rings. The molecule has 1 aromatic rings. The third-order valence-corrected chi connectivity index (χ3v) is 4.40. The van der Waals surface area contributed by atoms with Gasteiger partial charge in [0.15, 0.2) is 5.96 Å². The number of rotatable bonds is 8. The standard InChI is InChI=1S/C19H32N4O2/c1-5-23(4)10-9-21-19(20-3)22-13-16-7-6-15(2)12-18(16)25-17-8-11-24-14-17/h6-7,12,17H,5,8-11,13-14H2,1-4H3,(H2,20,21,22). The molecule has 0 spiro atoms. The molecule has 1 aromatic carbocycles. The minimum absolute atomic E-state index is 0.155. The fourth-order valence-corrected chi connectivity index (χ4v) is 2.63. The van der Waals surface area contributed by atoms with E-state index in [4.69, 9.17) is 9.47 Å². The first-order chi connectivity index (χ1) is 12.1. The van der Waals surface area contributed by atoms with Gasteiger partial charge in [0, 0.05) is 38.7 Å². The predicted molar refractivity (Wildman–Crippen MR) is 102 cm³/mol. The Bertz CT molecular complexity index is 556. The van der Waals surface area contributed by atoms with Crippen LogP contribution in [0, 0.1) is 6.92 Å². The SMILES string of the molecule is CCN(C)CCNC(=NC)NCc1ccc(C)cc1OC1CCOC1. The smallest absolute Gasteiger partial charge is 0.191 e. The Morgan fingerprint density at radius 2 is 2.24 bits per heavy atom. The molecule has 1 atom stereocenters. The lowest BCUT2D eigenvalue weighted by Gasteiger charge is -2.19. The fraction of sp³-hybridized carbons (Fsp3) is 0.632. The first-order valence-electron chi connectivity index (χ1n) is 9.09. The summed E-state index contributed by atoms with van der Waals surface area (Å²) < 4.78 is 11.6. The summed E-state index contributed by atoms with van der Waals surface area (Å²) in [6.45, 7) is 9.26. The van der Waals surface area contributed by atoms with Crippen molar-refractivity contribution in [3.05, 3.63) is 29.3 Å². The lowest BCUT2D eigenvalue weighted by molar-refractivity contribution is 0.140. The summed E-state index contributed by atoms with van der Waals surface area (Å²) >= 11 is 0. The molecular weight excluding hydrogens is 316 g/mol. The molecule has 140 valence electrons. The van der Waals surface area contributed by atoms with Crippen molar-refractivity contribution >= 4 is 5.96 Å². The highest BCUT2D eigenvalue weighted by molar-refractivity contribution is 5.79. The number of aryl methyl sites for hydroxylation is 1. The Morgan fingerprint density at radius 3 is 2.92 bits per heavy atom. The Balaban J connectivity index is 1.89. The number of hydrogen-bond donors (Lipinski definition) is 2. The van der Waals surface area contributed by atoms with E-state index in [1.807, 2.05) is 0 Å². The van der Waals surface area contributed by atoms with E-state index in [9.17, 15) is 0 Å². The maximum absolute atomic E-state index is 6.15. The first kappa shape index (κ1) is 19.5. The normalized spacial score (nSPS) is 17.8. The number of nitrogens with zero attached hydrogens (tertiary/aromatic N) is 2. The maximum Gasteiger partial charge on any atom is 0.191 e. The van der Waals surface area contributed by atoms with Gasteiger partial charge in [-0.3, -0.25) is 4.99 Å². The third-order valence-electron chi connectivity index (χ3n) is 4.40. The molecule has 2 rings (SSSR count). The molecule has 6 nitrogen and oxygen atoms in total. The van der Waals surface area contributed by atoms with E-state index in [1.54, 1.807) is 7.05 Å². The number of hydrogen-bond acceptors (Lipinski definition) is 4. The van der Waals surface area contributed by atoms with Crippen molar-refractivity contribution in [3.63, 3.8) is 0 Å². The summed E-state index contributed by atoms with van der Waals surface area (Å²) in [6, 6.07) is 6.33. The quantitative estimate of drug-likeness (QED) is 0.554. The molecule has 0 saturated carbocycles. The average Bonchev–Trinajstić information content (AvgIpc) is 3.12. The molecule has 0 bridgehead atoms. The second-order valence-electron chi connectivity index (χ2n) is 6.46. The zero-order valence-corrected chi connectivity index (χ0v) is 16.0. The van der Waals surface area contributed by atoms with Gasteiger partial charge in [-0.15, -0.1) is 0 Å². The van der Waals surface area contributed by atoms with Crippen LogP contribution in [-0.4, -0.2) is 63.9 Å². The van der Waals surface area contributed by atoms with Crippen LogP contribution in [0.25, 0.3) is 0 Å². The second-order valence-corrected chi connectivity index (χ2v) is 6.46. The van der Waals surface area contributed by atoms with Gasteiger partial charge in [-0.2, -0.15) is 0 Å². The number of ether oxygens (including phenoxy) is 2. The van der Waals surface area contributed by atoms with Gasteiger partial charge >= 0.3 is 0 Å². The summed E-state index contributed by atoms with van der Waals surface area (Å²) in [6.07, 6.45) is 1.11. The number of guanidine groups is 1. The van der Waals surface area contributed by atoms with Crippen molar-refractivity contribution in [1.29, 1.82) is 0 Å². The molecule has 1 saturated heterocycles. The van der Waals surface area contributed by atoms with E-state index < -0.39 is 0 Å². The molecule has 0 amide bonds. The van der Waals surface area contributed by atoms with Crippen molar-refractivity contribution in [2.24, 2.45) is 4.99 Å². The van der Waals surface area contributed by atoms with Crippen LogP contribution in [0.4, 0.5) is 0 Å². The summed E-state index contributed by atoms with van der Waals surface area (Å²) in [7, 11) is 3.90. The van der Waals surface area contributed by atoms with Crippen LogP contribution in [0.15, 0.2) is 23.2 Å².